The number of nitro benzene ring substituents is 1. The van der Waals surface area contributed by atoms with E-state index in [0.29, 0.717) is 0 Å². The van der Waals surface area contributed by atoms with Gasteiger partial charge in [-0.3, -0.25) is 14.9 Å². The van der Waals surface area contributed by atoms with Gasteiger partial charge in [0.2, 0.25) is 0 Å². The Hall–Kier alpha value is -3.08. The van der Waals surface area contributed by atoms with Gasteiger partial charge in [-0.25, -0.2) is 4.79 Å². The van der Waals surface area contributed by atoms with Gasteiger partial charge in [-0.2, -0.15) is 0 Å². The number of benzene rings is 1. The number of rotatable bonds is 7. The van der Waals surface area contributed by atoms with E-state index in [0.717, 1.165) is 6.07 Å². The molecule has 1 N–H and O–H groups in total. The fraction of sp³-hybridized carbons (Fsp3) is 0.286. The molecule has 1 aromatic rings. The van der Waals surface area contributed by atoms with E-state index in [9.17, 15) is 19.7 Å². The molecule has 1 rings (SSSR count). The van der Waals surface area contributed by atoms with Gasteiger partial charge in [0.1, 0.15) is 0 Å². The first-order valence-electron chi connectivity index (χ1n) is 6.28. The van der Waals surface area contributed by atoms with Gasteiger partial charge in [0.05, 0.1) is 23.6 Å². The average Bonchev–Trinajstić information content (AvgIpc) is 2.50. The van der Waals surface area contributed by atoms with Crippen molar-refractivity contribution >= 4 is 17.6 Å². The van der Waals surface area contributed by atoms with Crippen molar-refractivity contribution in [3.05, 3.63) is 33.9 Å². The normalized spacial score (nSPS) is 9.45. The SMILES string of the molecule is C#CCNC(=O)COC(=O)c1ccc(OCC)c([N+](=O)[O-])c1. The molecule has 22 heavy (non-hydrogen) atoms. The Bertz CT molecular complexity index is 620. The smallest absolute Gasteiger partial charge is 0.338 e. The zero-order chi connectivity index (χ0) is 16.5. The van der Waals surface area contributed by atoms with Crippen LogP contribution in [0.2, 0.25) is 0 Å². The number of carbonyl (C=O) groups is 2. The molecule has 0 aromatic heterocycles. The summed E-state index contributed by atoms with van der Waals surface area (Å²) in [7, 11) is 0. The molecule has 0 aliphatic rings. The highest BCUT2D eigenvalue weighted by Crippen LogP contribution is 2.28. The number of nitrogens with zero attached hydrogens (tertiary/aromatic N) is 1. The van der Waals surface area contributed by atoms with E-state index in [-0.39, 0.29) is 30.2 Å². The van der Waals surface area contributed by atoms with Crippen LogP contribution in [0.4, 0.5) is 5.69 Å². The molecule has 0 atom stereocenters. The molecule has 1 aromatic carbocycles. The zero-order valence-electron chi connectivity index (χ0n) is 11.8. The lowest BCUT2D eigenvalue weighted by Gasteiger charge is -2.07. The third-order valence-corrected chi connectivity index (χ3v) is 2.41. The second kappa shape index (κ2) is 8.26. The van der Waals surface area contributed by atoms with E-state index >= 15 is 0 Å². The van der Waals surface area contributed by atoms with Gasteiger partial charge in [-0.05, 0) is 19.1 Å². The molecule has 0 aliphatic carbocycles. The lowest BCUT2D eigenvalue weighted by atomic mass is 10.2. The van der Waals surface area contributed by atoms with Crippen molar-refractivity contribution in [1.82, 2.24) is 5.32 Å². The standard InChI is InChI=1S/C14H14N2O6/c1-3-7-15-13(17)9-22-14(18)10-5-6-12(21-4-2)11(8-10)16(19)20/h1,5-6,8H,4,7,9H2,2H3,(H,15,17). The Morgan fingerprint density at radius 1 is 1.45 bits per heavy atom. The van der Waals surface area contributed by atoms with Crippen LogP contribution in [0.3, 0.4) is 0 Å². The maximum atomic E-state index is 11.8. The number of hydrogen-bond donors (Lipinski definition) is 1. The Balaban J connectivity index is 2.78. The molecule has 1 amide bonds. The predicted octanol–water partition coefficient (Wildman–Crippen LogP) is 0.900. The third-order valence-electron chi connectivity index (χ3n) is 2.41. The Morgan fingerprint density at radius 3 is 2.77 bits per heavy atom. The fourth-order valence-electron chi connectivity index (χ4n) is 1.48. The second-order valence-corrected chi connectivity index (χ2v) is 3.93. The molecule has 8 nitrogen and oxygen atoms in total. The van der Waals surface area contributed by atoms with Crippen molar-refractivity contribution in [1.29, 1.82) is 0 Å². The largest absolute Gasteiger partial charge is 0.487 e. The first-order chi connectivity index (χ1) is 10.5. The summed E-state index contributed by atoms with van der Waals surface area (Å²) in [6.07, 6.45) is 4.96. The van der Waals surface area contributed by atoms with E-state index in [4.69, 9.17) is 15.9 Å². The van der Waals surface area contributed by atoms with E-state index in [1.165, 1.54) is 12.1 Å². The molecule has 0 unspecified atom stereocenters. The molecule has 0 saturated carbocycles. The van der Waals surface area contributed by atoms with Crippen LogP contribution >= 0.6 is 0 Å². The minimum absolute atomic E-state index is 0.0188. The van der Waals surface area contributed by atoms with E-state index in [1.807, 2.05) is 0 Å². The summed E-state index contributed by atoms with van der Waals surface area (Å²) in [5, 5.41) is 13.3. The summed E-state index contributed by atoms with van der Waals surface area (Å²) < 4.78 is 9.84. The summed E-state index contributed by atoms with van der Waals surface area (Å²) >= 11 is 0. The number of nitrogens with one attached hydrogen (secondary N) is 1. The number of nitro groups is 1. The summed E-state index contributed by atoms with van der Waals surface area (Å²) in [4.78, 5) is 33.3. The number of hydrogen-bond acceptors (Lipinski definition) is 6. The number of ether oxygens (including phenoxy) is 2. The van der Waals surface area contributed by atoms with Crippen molar-refractivity contribution in [2.45, 2.75) is 6.92 Å². The third kappa shape index (κ3) is 4.79. The van der Waals surface area contributed by atoms with Crippen molar-refractivity contribution in [3.63, 3.8) is 0 Å². The van der Waals surface area contributed by atoms with E-state index < -0.39 is 23.4 Å². The molecule has 0 bridgehead atoms. The van der Waals surface area contributed by atoms with Gasteiger partial charge in [0, 0.05) is 6.07 Å². The minimum atomic E-state index is -0.859. The number of esters is 1. The molecular formula is C14H14N2O6. The van der Waals surface area contributed by atoms with Crippen molar-refractivity contribution in [3.8, 4) is 18.1 Å². The Morgan fingerprint density at radius 2 is 2.18 bits per heavy atom. The van der Waals surface area contributed by atoms with Crippen LogP contribution < -0.4 is 10.1 Å². The van der Waals surface area contributed by atoms with Crippen LogP contribution in [0.5, 0.6) is 5.75 Å². The Kier molecular flexibility index (Phi) is 6.37. The highest BCUT2D eigenvalue weighted by atomic mass is 16.6. The topological polar surface area (TPSA) is 108 Å². The van der Waals surface area contributed by atoms with Crippen molar-refractivity contribution < 1.29 is 24.0 Å². The summed E-state index contributed by atoms with van der Waals surface area (Å²) in [5.41, 5.74) is -0.409. The van der Waals surface area contributed by atoms with Gasteiger partial charge in [0.25, 0.3) is 5.91 Å². The first-order valence-corrected chi connectivity index (χ1v) is 6.28. The lowest BCUT2D eigenvalue weighted by Crippen LogP contribution is -2.29. The van der Waals surface area contributed by atoms with Gasteiger partial charge in [-0.1, -0.05) is 5.92 Å². The number of amides is 1. The zero-order valence-corrected chi connectivity index (χ0v) is 11.8. The molecule has 0 aliphatic heterocycles. The van der Waals surface area contributed by atoms with Crippen LogP contribution in [0.15, 0.2) is 18.2 Å². The van der Waals surface area contributed by atoms with Crippen LogP contribution in [-0.4, -0.2) is 36.6 Å². The summed E-state index contributed by atoms with van der Waals surface area (Å²) in [5.74, 6) is 0.824. The van der Waals surface area contributed by atoms with Crippen LogP contribution in [0.25, 0.3) is 0 Å². The van der Waals surface area contributed by atoms with Crippen molar-refractivity contribution in [2.24, 2.45) is 0 Å². The molecule has 0 heterocycles. The molecule has 0 spiro atoms. The van der Waals surface area contributed by atoms with E-state index in [2.05, 4.69) is 11.2 Å². The molecule has 8 heteroatoms. The molecule has 0 fully saturated rings. The maximum Gasteiger partial charge on any atom is 0.338 e. The Labute approximate surface area is 126 Å². The summed E-state index contributed by atoms with van der Waals surface area (Å²) in [6, 6.07) is 3.66. The number of terminal acetylenes is 1. The summed E-state index contributed by atoms with van der Waals surface area (Å²) in [6.45, 7) is 1.42. The fourth-order valence-corrected chi connectivity index (χ4v) is 1.48. The number of carbonyl (C=O) groups excluding carboxylic acids is 2. The predicted molar refractivity (Wildman–Crippen MR) is 76.4 cm³/mol. The second-order valence-electron chi connectivity index (χ2n) is 3.93. The maximum absolute atomic E-state index is 11.8. The van der Waals surface area contributed by atoms with Gasteiger partial charge in [-0.15, -0.1) is 6.42 Å². The molecular weight excluding hydrogens is 292 g/mol. The van der Waals surface area contributed by atoms with Gasteiger partial charge in [0.15, 0.2) is 12.4 Å². The van der Waals surface area contributed by atoms with Gasteiger partial charge < -0.3 is 14.8 Å². The minimum Gasteiger partial charge on any atom is -0.487 e. The highest BCUT2D eigenvalue weighted by Gasteiger charge is 2.19. The molecule has 0 radical (unpaired) electrons. The van der Waals surface area contributed by atoms with Crippen LogP contribution in [-0.2, 0) is 9.53 Å². The average molecular weight is 306 g/mol. The highest BCUT2D eigenvalue weighted by molar-refractivity contribution is 5.92. The quantitative estimate of drug-likeness (QED) is 0.347. The van der Waals surface area contributed by atoms with Crippen LogP contribution in [0.1, 0.15) is 17.3 Å². The van der Waals surface area contributed by atoms with Crippen LogP contribution in [0, 0.1) is 22.5 Å². The lowest BCUT2D eigenvalue weighted by molar-refractivity contribution is -0.385. The molecule has 0 saturated heterocycles. The van der Waals surface area contributed by atoms with Gasteiger partial charge >= 0.3 is 11.7 Å². The first kappa shape index (κ1) is 17.0. The van der Waals surface area contributed by atoms with Crippen molar-refractivity contribution in [2.75, 3.05) is 19.8 Å². The monoisotopic (exact) mass is 306 g/mol. The molecule has 116 valence electrons. The van der Waals surface area contributed by atoms with E-state index in [1.54, 1.807) is 6.92 Å².